The van der Waals surface area contributed by atoms with Gasteiger partial charge in [0.15, 0.2) is 5.56 Å². The molecule has 0 atom stereocenters. The maximum Gasteiger partial charge on any atom is 0.344 e. The maximum atomic E-state index is 11.0. The minimum absolute atomic E-state index is 0.339. The molecular formula is C8H8N2O6S. The van der Waals surface area contributed by atoms with Crippen molar-refractivity contribution in [1.82, 2.24) is 0 Å². The molecule has 0 heterocycles. The first kappa shape index (κ1) is 12.9. The zero-order valence-electron chi connectivity index (χ0n) is 8.58. The van der Waals surface area contributed by atoms with Gasteiger partial charge in [0.2, 0.25) is 10.0 Å². The van der Waals surface area contributed by atoms with Gasteiger partial charge in [0.25, 0.3) is 5.69 Å². The second-order valence-corrected chi connectivity index (χ2v) is 4.88. The Bertz CT molecular complexity index is 580. The Hall–Kier alpha value is -2.16. The van der Waals surface area contributed by atoms with Crippen LogP contribution in [0.2, 0.25) is 0 Å². The molecule has 0 spiro atoms. The fourth-order valence-corrected chi connectivity index (χ4v) is 1.77. The summed E-state index contributed by atoms with van der Waals surface area (Å²) < 4.78 is 23.9. The number of nitro benzene ring substituents is 1. The van der Waals surface area contributed by atoms with Gasteiger partial charge in [-0.05, 0) is 6.07 Å². The standard InChI is InChI=1S/C8H8N2O6S/c1-17(15,16)9-5-3-2-4-6(10(13)14)7(5)8(11)12/h2-4,9H,1H3,(H,11,12). The van der Waals surface area contributed by atoms with Crippen LogP contribution >= 0.6 is 0 Å². The summed E-state index contributed by atoms with van der Waals surface area (Å²) in [6.45, 7) is 0. The van der Waals surface area contributed by atoms with E-state index in [-0.39, 0.29) is 5.69 Å². The second kappa shape index (κ2) is 4.37. The van der Waals surface area contributed by atoms with Crippen molar-refractivity contribution in [3.63, 3.8) is 0 Å². The van der Waals surface area contributed by atoms with Gasteiger partial charge in [0.05, 0.1) is 16.9 Å². The Kier molecular flexibility index (Phi) is 3.32. The average molecular weight is 260 g/mol. The average Bonchev–Trinajstić information content (AvgIpc) is 2.14. The largest absolute Gasteiger partial charge is 0.477 e. The molecule has 1 aromatic rings. The topological polar surface area (TPSA) is 127 Å². The van der Waals surface area contributed by atoms with Gasteiger partial charge < -0.3 is 5.11 Å². The summed E-state index contributed by atoms with van der Waals surface area (Å²) in [5.74, 6) is -1.58. The summed E-state index contributed by atoms with van der Waals surface area (Å²) in [7, 11) is -3.71. The number of hydrogen-bond donors (Lipinski definition) is 2. The predicted octanol–water partition coefficient (Wildman–Crippen LogP) is 0.664. The molecule has 1 rings (SSSR count). The van der Waals surface area contributed by atoms with Crippen LogP contribution in [0.5, 0.6) is 0 Å². The third kappa shape index (κ3) is 3.14. The summed E-state index contributed by atoms with van der Waals surface area (Å²) in [5, 5.41) is 19.5. The second-order valence-electron chi connectivity index (χ2n) is 3.14. The summed E-state index contributed by atoms with van der Waals surface area (Å²) >= 11 is 0. The van der Waals surface area contributed by atoms with Gasteiger partial charge in [-0.15, -0.1) is 0 Å². The molecule has 0 aliphatic carbocycles. The van der Waals surface area contributed by atoms with Crippen LogP contribution in [-0.2, 0) is 10.0 Å². The van der Waals surface area contributed by atoms with Gasteiger partial charge in [0.1, 0.15) is 0 Å². The summed E-state index contributed by atoms with van der Waals surface area (Å²) in [6, 6.07) is 3.31. The fourth-order valence-electron chi connectivity index (χ4n) is 1.20. The van der Waals surface area contributed by atoms with Crippen LogP contribution in [-0.4, -0.2) is 30.7 Å². The summed E-state index contributed by atoms with van der Waals surface area (Å²) in [4.78, 5) is 20.6. The molecule has 0 saturated carbocycles. The van der Waals surface area contributed by atoms with Crippen molar-refractivity contribution in [1.29, 1.82) is 0 Å². The molecule has 0 aliphatic rings. The van der Waals surface area contributed by atoms with E-state index in [0.717, 1.165) is 18.4 Å². The van der Waals surface area contributed by atoms with Gasteiger partial charge in [-0.1, -0.05) is 6.07 Å². The SMILES string of the molecule is CS(=O)(=O)Nc1cccc([N+](=O)[O-])c1C(=O)O. The van der Waals surface area contributed by atoms with Crippen molar-refractivity contribution in [2.45, 2.75) is 0 Å². The van der Waals surface area contributed by atoms with E-state index < -0.39 is 32.2 Å². The zero-order valence-corrected chi connectivity index (χ0v) is 9.39. The number of nitro groups is 1. The van der Waals surface area contributed by atoms with Crippen LogP contribution < -0.4 is 4.72 Å². The number of anilines is 1. The van der Waals surface area contributed by atoms with Crippen molar-refractivity contribution in [2.24, 2.45) is 0 Å². The lowest BCUT2D eigenvalue weighted by molar-refractivity contribution is -0.385. The number of rotatable bonds is 4. The number of sulfonamides is 1. The minimum Gasteiger partial charge on any atom is -0.477 e. The van der Waals surface area contributed by atoms with Crippen molar-refractivity contribution in [2.75, 3.05) is 11.0 Å². The van der Waals surface area contributed by atoms with E-state index in [1.165, 1.54) is 6.07 Å². The lowest BCUT2D eigenvalue weighted by atomic mass is 10.1. The number of benzene rings is 1. The van der Waals surface area contributed by atoms with Crippen LogP contribution in [0.25, 0.3) is 0 Å². The van der Waals surface area contributed by atoms with E-state index in [9.17, 15) is 23.3 Å². The summed E-state index contributed by atoms with van der Waals surface area (Å²) in [6.07, 6.45) is 0.817. The smallest absolute Gasteiger partial charge is 0.344 e. The normalized spacial score (nSPS) is 10.9. The molecule has 0 saturated heterocycles. The van der Waals surface area contributed by atoms with Crippen LogP contribution in [0.3, 0.4) is 0 Å². The first-order chi connectivity index (χ1) is 7.72. The molecule has 1 aromatic carbocycles. The number of carboxylic acids is 1. The number of nitrogens with one attached hydrogen (secondary N) is 1. The minimum atomic E-state index is -3.71. The van der Waals surface area contributed by atoms with E-state index in [4.69, 9.17) is 5.11 Å². The molecule has 17 heavy (non-hydrogen) atoms. The van der Waals surface area contributed by atoms with Crippen molar-refractivity contribution in [3.05, 3.63) is 33.9 Å². The zero-order chi connectivity index (χ0) is 13.2. The highest BCUT2D eigenvalue weighted by molar-refractivity contribution is 7.92. The van der Waals surface area contributed by atoms with Crippen molar-refractivity contribution in [3.8, 4) is 0 Å². The lowest BCUT2D eigenvalue weighted by Crippen LogP contribution is -2.14. The van der Waals surface area contributed by atoms with Gasteiger partial charge in [-0.3, -0.25) is 14.8 Å². The fraction of sp³-hybridized carbons (Fsp3) is 0.125. The van der Waals surface area contributed by atoms with Gasteiger partial charge in [0, 0.05) is 6.07 Å². The lowest BCUT2D eigenvalue weighted by Gasteiger charge is -2.07. The predicted molar refractivity (Wildman–Crippen MR) is 58.5 cm³/mol. The number of carbonyl (C=O) groups is 1. The van der Waals surface area contributed by atoms with Crippen molar-refractivity contribution < 1.29 is 23.2 Å². The Morgan fingerprint density at radius 2 is 2.06 bits per heavy atom. The first-order valence-electron chi connectivity index (χ1n) is 4.21. The van der Waals surface area contributed by atoms with Crippen LogP contribution in [0, 0.1) is 10.1 Å². The number of nitrogens with zero attached hydrogens (tertiary/aromatic N) is 1. The third-order valence-electron chi connectivity index (χ3n) is 1.75. The van der Waals surface area contributed by atoms with Crippen LogP contribution in [0.4, 0.5) is 11.4 Å². The van der Waals surface area contributed by atoms with Gasteiger partial charge in [-0.25, -0.2) is 13.2 Å². The van der Waals surface area contributed by atoms with E-state index >= 15 is 0 Å². The first-order valence-corrected chi connectivity index (χ1v) is 6.10. The number of carboxylic acid groups (broad SMARTS) is 1. The molecule has 0 aliphatic heterocycles. The van der Waals surface area contributed by atoms with E-state index in [2.05, 4.69) is 0 Å². The third-order valence-corrected chi connectivity index (χ3v) is 2.34. The molecule has 8 nitrogen and oxygen atoms in total. The van der Waals surface area contributed by atoms with E-state index in [0.29, 0.717) is 0 Å². The van der Waals surface area contributed by atoms with Gasteiger partial charge >= 0.3 is 5.97 Å². The Balaban J connectivity index is 3.46. The van der Waals surface area contributed by atoms with Gasteiger partial charge in [-0.2, -0.15) is 0 Å². The van der Waals surface area contributed by atoms with Crippen molar-refractivity contribution >= 4 is 27.4 Å². The Morgan fingerprint density at radius 1 is 1.47 bits per heavy atom. The number of aromatic carboxylic acids is 1. The quantitative estimate of drug-likeness (QED) is 0.604. The summed E-state index contributed by atoms with van der Waals surface area (Å²) in [5.41, 5.74) is -1.71. The number of hydrogen-bond acceptors (Lipinski definition) is 5. The highest BCUT2D eigenvalue weighted by Gasteiger charge is 2.24. The molecule has 0 radical (unpaired) electrons. The molecule has 0 bridgehead atoms. The highest BCUT2D eigenvalue weighted by Crippen LogP contribution is 2.26. The Labute approximate surface area is 96.1 Å². The molecular weight excluding hydrogens is 252 g/mol. The Morgan fingerprint density at radius 3 is 2.47 bits per heavy atom. The molecule has 0 amide bonds. The highest BCUT2D eigenvalue weighted by atomic mass is 32.2. The molecule has 0 fully saturated rings. The maximum absolute atomic E-state index is 11.0. The molecule has 0 unspecified atom stereocenters. The molecule has 2 N–H and O–H groups in total. The van der Waals surface area contributed by atoms with Crippen LogP contribution in [0.15, 0.2) is 18.2 Å². The van der Waals surface area contributed by atoms with E-state index in [1.807, 2.05) is 4.72 Å². The monoisotopic (exact) mass is 260 g/mol. The molecule has 9 heteroatoms. The molecule has 0 aromatic heterocycles. The van der Waals surface area contributed by atoms with Crippen LogP contribution in [0.1, 0.15) is 10.4 Å². The van der Waals surface area contributed by atoms with E-state index in [1.54, 1.807) is 0 Å². The molecule has 92 valence electrons.